The van der Waals surface area contributed by atoms with Crippen molar-refractivity contribution in [1.29, 1.82) is 0 Å². The van der Waals surface area contributed by atoms with Crippen molar-refractivity contribution in [1.82, 2.24) is 9.88 Å². The molecule has 2 heterocycles. The number of carbonyl (C=O) groups excluding carboxylic acids is 2. The number of rotatable bonds is 4. The molecule has 4 nitrogen and oxygen atoms in total. The van der Waals surface area contributed by atoms with Gasteiger partial charge in [-0.1, -0.05) is 17.7 Å². The number of halogens is 1. The first kappa shape index (κ1) is 17.7. The molecule has 1 aliphatic heterocycles. The summed E-state index contributed by atoms with van der Waals surface area (Å²) in [4.78, 5) is 31.3. The smallest absolute Gasteiger partial charge is 0.255 e. The third-order valence-electron chi connectivity index (χ3n) is 5.73. The highest BCUT2D eigenvalue weighted by molar-refractivity contribution is 9.10. The van der Waals surface area contributed by atoms with Crippen LogP contribution >= 0.6 is 15.9 Å². The number of hydrogen-bond acceptors (Lipinski definition) is 3. The van der Waals surface area contributed by atoms with Crippen molar-refractivity contribution in [2.75, 3.05) is 13.1 Å². The molecule has 136 valence electrons. The molecule has 1 aromatic heterocycles. The molecule has 0 bridgehead atoms. The van der Waals surface area contributed by atoms with Crippen LogP contribution in [0.4, 0.5) is 0 Å². The molecule has 0 radical (unpaired) electrons. The molecule has 0 atom stereocenters. The molecular formula is C21H23BrN2O2. The van der Waals surface area contributed by atoms with Crippen LogP contribution in [0, 0.1) is 11.8 Å². The monoisotopic (exact) mass is 414 g/mol. The van der Waals surface area contributed by atoms with E-state index < -0.39 is 0 Å². The summed E-state index contributed by atoms with van der Waals surface area (Å²) < 4.78 is 0.720. The zero-order valence-electron chi connectivity index (χ0n) is 14.8. The van der Waals surface area contributed by atoms with Crippen molar-refractivity contribution in [3.8, 4) is 0 Å². The van der Waals surface area contributed by atoms with Crippen molar-refractivity contribution in [2.45, 2.75) is 38.5 Å². The van der Waals surface area contributed by atoms with Crippen LogP contribution < -0.4 is 0 Å². The lowest BCUT2D eigenvalue weighted by Crippen LogP contribution is -2.40. The Bertz CT molecular complexity index is 770. The standard InChI is InChI=1S/C21H23BrN2O2/c22-19-8-7-18(13-23-19)21(26)24-11-9-17(10-12-24)20(25)16-5-3-15(4-6-16)14-1-2-14/h3,5,7-8,13-14,17H,1-2,4,6,9-12H2. The Hall–Kier alpha value is -1.75. The van der Waals surface area contributed by atoms with Crippen molar-refractivity contribution in [3.05, 3.63) is 51.8 Å². The summed E-state index contributed by atoms with van der Waals surface area (Å²) in [5.74, 6) is 1.16. The minimum atomic E-state index is 0.00443. The number of amides is 1. The molecule has 1 amide bonds. The maximum atomic E-state index is 12.8. The van der Waals surface area contributed by atoms with E-state index >= 15 is 0 Å². The molecule has 1 aromatic rings. The predicted octanol–water partition coefficient (Wildman–Crippen LogP) is 4.32. The van der Waals surface area contributed by atoms with Crippen LogP contribution in [0.15, 0.2) is 46.2 Å². The normalized spacial score (nSPS) is 21.2. The lowest BCUT2D eigenvalue weighted by molar-refractivity contribution is -0.120. The highest BCUT2D eigenvalue weighted by atomic mass is 79.9. The van der Waals surface area contributed by atoms with Gasteiger partial charge in [0.05, 0.1) is 5.56 Å². The van der Waals surface area contributed by atoms with Crippen LogP contribution in [0.3, 0.4) is 0 Å². The Labute approximate surface area is 162 Å². The van der Waals surface area contributed by atoms with Crippen LogP contribution in [0.25, 0.3) is 0 Å². The maximum absolute atomic E-state index is 12.8. The summed E-state index contributed by atoms with van der Waals surface area (Å²) >= 11 is 3.28. The number of likely N-dealkylation sites (tertiary alicyclic amines) is 1. The van der Waals surface area contributed by atoms with Crippen LogP contribution in [0.5, 0.6) is 0 Å². The molecule has 2 fully saturated rings. The first-order valence-corrected chi connectivity index (χ1v) is 10.3. The summed E-state index contributed by atoms with van der Waals surface area (Å²) in [5, 5.41) is 0. The van der Waals surface area contributed by atoms with E-state index in [-0.39, 0.29) is 11.8 Å². The van der Waals surface area contributed by atoms with Gasteiger partial charge in [0.15, 0.2) is 5.78 Å². The number of hydrogen-bond donors (Lipinski definition) is 0. The summed E-state index contributed by atoms with van der Waals surface area (Å²) in [6, 6.07) is 3.57. The van der Waals surface area contributed by atoms with Crippen LogP contribution in [-0.4, -0.2) is 34.7 Å². The summed E-state index contributed by atoms with van der Waals surface area (Å²) in [6.45, 7) is 1.28. The highest BCUT2D eigenvalue weighted by Crippen LogP contribution is 2.41. The second-order valence-corrected chi connectivity index (χ2v) is 8.32. The molecule has 0 N–H and O–H groups in total. The van der Waals surface area contributed by atoms with E-state index in [4.69, 9.17) is 0 Å². The quantitative estimate of drug-likeness (QED) is 0.689. The van der Waals surface area contributed by atoms with Crippen molar-refractivity contribution < 1.29 is 9.59 Å². The maximum Gasteiger partial charge on any atom is 0.255 e. The van der Waals surface area contributed by atoms with E-state index in [1.54, 1.807) is 18.3 Å². The van der Waals surface area contributed by atoms with Gasteiger partial charge in [-0.05, 0) is 78.1 Å². The predicted molar refractivity (Wildman–Crippen MR) is 104 cm³/mol. The second kappa shape index (κ2) is 7.47. The number of allylic oxidation sites excluding steroid dienone is 4. The summed E-state index contributed by atoms with van der Waals surface area (Å²) in [7, 11) is 0. The average molecular weight is 415 g/mol. The van der Waals surface area contributed by atoms with Crippen molar-refractivity contribution in [2.24, 2.45) is 11.8 Å². The van der Waals surface area contributed by atoms with Gasteiger partial charge in [0, 0.05) is 25.2 Å². The lowest BCUT2D eigenvalue weighted by Gasteiger charge is -2.32. The van der Waals surface area contributed by atoms with Gasteiger partial charge in [0.2, 0.25) is 0 Å². The van der Waals surface area contributed by atoms with E-state index in [0.717, 1.165) is 41.8 Å². The average Bonchev–Trinajstić information content (AvgIpc) is 3.53. The van der Waals surface area contributed by atoms with E-state index in [1.165, 1.54) is 18.4 Å². The number of pyridine rings is 1. The van der Waals surface area contributed by atoms with Gasteiger partial charge >= 0.3 is 0 Å². The molecule has 1 saturated heterocycles. The minimum Gasteiger partial charge on any atom is -0.339 e. The Balaban J connectivity index is 1.34. The minimum absolute atomic E-state index is 0.00443. The first-order chi connectivity index (χ1) is 12.6. The van der Waals surface area contributed by atoms with E-state index in [2.05, 4.69) is 33.1 Å². The number of ketones is 1. The lowest BCUT2D eigenvalue weighted by atomic mass is 9.84. The second-order valence-electron chi connectivity index (χ2n) is 7.51. The molecule has 5 heteroatoms. The number of piperidine rings is 1. The topological polar surface area (TPSA) is 50.3 Å². The summed E-state index contributed by atoms with van der Waals surface area (Å²) in [5.41, 5.74) is 3.12. The van der Waals surface area contributed by atoms with Gasteiger partial charge in [0.1, 0.15) is 4.60 Å². The third-order valence-corrected chi connectivity index (χ3v) is 6.20. The highest BCUT2D eigenvalue weighted by Gasteiger charge is 2.31. The van der Waals surface area contributed by atoms with E-state index in [9.17, 15) is 9.59 Å². The molecule has 2 aliphatic carbocycles. The molecule has 3 aliphatic rings. The van der Waals surface area contributed by atoms with Crippen molar-refractivity contribution in [3.63, 3.8) is 0 Å². The van der Waals surface area contributed by atoms with Crippen molar-refractivity contribution >= 4 is 27.6 Å². The SMILES string of the molecule is O=C(C1=CC=C(C2CC2)CC1)C1CCN(C(=O)c2ccc(Br)nc2)CC1. The fourth-order valence-corrected chi connectivity index (χ4v) is 4.18. The number of carbonyl (C=O) groups is 2. The zero-order valence-corrected chi connectivity index (χ0v) is 16.4. The number of Topliss-reactive ketones (excluding diaryl/α,β-unsaturated/α-hetero) is 1. The molecule has 0 aromatic carbocycles. The number of aromatic nitrogens is 1. The van der Waals surface area contributed by atoms with Gasteiger partial charge in [-0.25, -0.2) is 4.98 Å². The molecule has 1 saturated carbocycles. The Morgan fingerprint density at radius 3 is 2.38 bits per heavy atom. The van der Waals surface area contributed by atoms with E-state index in [1.807, 2.05) is 4.90 Å². The van der Waals surface area contributed by atoms with Gasteiger partial charge in [-0.2, -0.15) is 0 Å². The van der Waals surface area contributed by atoms with Gasteiger partial charge in [0.25, 0.3) is 5.91 Å². The van der Waals surface area contributed by atoms with Crippen LogP contribution in [-0.2, 0) is 4.79 Å². The van der Waals surface area contributed by atoms with Crippen LogP contribution in [0.2, 0.25) is 0 Å². The Morgan fingerprint density at radius 2 is 1.81 bits per heavy atom. The van der Waals surface area contributed by atoms with Gasteiger partial charge in [-0.15, -0.1) is 0 Å². The molecule has 0 spiro atoms. The Kier molecular flexibility index (Phi) is 5.07. The fraction of sp³-hybridized carbons (Fsp3) is 0.476. The third kappa shape index (κ3) is 3.83. The number of nitrogens with zero attached hydrogens (tertiary/aromatic N) is 2. The molecular weight excluding hydrogens is 392 g/mol. The van der Waals surface area contributed by atoms with E-state index in [0.29, 0.717) is 24.4 Å². The zero-order chi connectivity index (χ0) is 18.1. The summed E-state index contributed by atoms with van der Waals surface area (Å²) in [6.07, 6.45) is 11.9. The van der Waals surface area contributed by atoms with Crippen LogP contribution in [0.1, 0.15) is 48.9 Å². The molecule has 4 rings (SSSR count). The Morgan fingerprint density at radius 1 is 1.04 bits per heavy atom. The largest absolute Gasteiger partial charge is 0.339 e. The molecule has 0 unspecified atom stereocenters. The van der Waals surface area contributed by atoms with Gasteiger partial charge < -0.3 is 4.90 Å². The first-order valence-electron chi connectivity index (χ1n) is 9.46. The fourth-order valence-electron chi connectivity index (χ4n) is 3.94. The molecule has 26 heavy (non-hydrogen) atoms. The van der Waals surface area contributed by atoms with Gasteiger partial charge in [-0.3, -0.25) is 9.59 Å².